The molecule has 2 rings (SSSR count). The highest BCUT2D eigenvalue weighted by Crippen LogP contribution is 2.17. The summed E-state index contributed by atoms with van der Waals surface area (Å²) in [5.41, 5.74) is -0.514. The Labute approximate surface area is 124 Å². The molecule has 0 radical (unpaired) electrons. The van der Waals surface area contributed by atoms with Crippen LogP contribution in [-0.4, -0.2) is 19.2 Å². The van der Waals surface area contributed by atoms with Gasteiger partial charge in [0.1, 0.15) is 35.5 Å². The predicted molar refractivity (Wildman–Crippen MR) is 75.3 cm³/mol. The summed E-state index contributed by atoms with van der Waals surface area (Å²) >= 11 is 0. The lowest BCUT2D eigenvalue weighted by atomic mass is 10.3. The molecule has 0 atom stereocenters. The van der Waals surface area contributed by atoms with Crippen LogP contribution in [0.2, 0.25) is 0 Å². The minimum atomic E-state index is -0.863. The molecular weight excluding hydrogens is 297 g/mol. The van der Waals surface area contributed by atoms with Gasteiger partial charge in [-0.15, -0.1) is 0 Å². The predicted octanol–water partition coefficient (Wildman–Crippen LogP) is 3.30. The molecule has 0 saturated heterocycles. The van der Waals surface area contributed by atoms with Crippen LogP contribution in [0.25, 0.3) is 0 Å². The third-order valence-electron chi connectivity index (χ3n) is 2.67. The first-order valence-corrected chi connectivity index (χ1v) is 6.43. The molecular formula is C15H13F3N2O2. The number of halogens is 3. The molecule has 0 heterocycles. The second-order valence-electron chi connectivity index (χ2n) is 4.28. The Hall–Kier alpha value is -2.70. The molecule has 0 spiro atoms. The van der Waals surface area contributed by atoms with Crippen LogP contribution in [0, 0.1) is 17.5 Å². The lowest BCUT2D eigenvalue weighted by Crippen LogP contribution is -2.32. The fourth-order valence-corrected chi connectivity index (χ4v) is 1.64. The Morgan fingerprint density at radius 1 is 1.00 bits per heavy atom. The topological polar surface area (TPSA) is 50.4 Å². The van der Waals surface area contributed by atoms with Crippen LogP contribution in [-0.2, 0) is 0 Å². The maximum atomic E-state index is 13.3. The molecule has 116 valence electrons. The highest BCUT2D eigenvalue weighted by atomic mass is 19.1. The number of carbonyl (C=O) groups is 1. The van der Waals surface area contributed by atoms with Crippen LogP contribution in [0.4, 0.5) is 23.7 Å². The van der Waals surface area contributed by atoms with Crippen molar-refractivity contribution >= 4 is 11.7 Å². The second-order valence-corrected chi connectivity index (χ2v) is 4.28. The Morgan fingerprint density at radius 2 is 1.64 bits per heavy atom. The third kappa shape index (κ3) is 4.41. The number of carbonyl (C=O) groups excluding carboxylic acids is 1. The quantitative estimate of drug-likeness (QED) is 0.833. The van der Waals surface area contributed by atoms with Crippen molar-refractivity contribution in [2.24, 2.45) is 0 Å². The highest BCUT2D eigenvalue weighted by Gasteiger charge is 2.11. The molecule has 0 aromatic heterocycles. The largest absolute Gasteiger partial charge is 0.492 e. The summed E-state index contributed by atoms with van der Waals surface area (Å²) in [5.74, 6) is -1.66. The summed E-state index contributed by atoms with van der Waals surface area (Å²) in [5, 5.41) is 4.46. The number of para-hydroxylation sites is 1. The Bertz CT molecular complexity index is 627. The first-order chi connectivity index (χ1) is 10.6. The number of benzene rings is 2. The zero-order valence-corrected chi connectivity index (χ0v) is 11.4. The number of urea groups is 1. The van der Waals surface area contributed by atoms with E-state index < -0.39 is 23.4 Å². The van der Waals surface area contributed by atoms with E-state index in [1.54, 1.807) is 0 Å². The van der Waals surface area contributed by atoms with Gasteiger partial charge in [0, 0.05) is 0 Å². The molecule has 2 aromatic rings. The minimum Gasteiger partial charge on any atom is -0.492 e. The van der Waals surface area contributed by atoms with Crippen molar-refractivity contribution in [3.63, 3.8) is 0 Å². The van der Waals surface area contributed by atoms with E-state index in [-0.39, 0.29) is 19.0 Å². The van der Waals surface area contributed by atoms with Gasteiger partial charge in [-0.1, -0.05) is 6.07 Å². The van der Waals surface area contributed by atoms with E-state index in [0.717, 1.165) is 12.1 Å². The number of ether oxygens (including phenoxy) is 1. The number of hydrogen-bond acceptors (Lipinski definition) is 2. The van der Waals surface area contributed by atoms with E-state index in [0.29, 0.717) is 5.75 Å². The molecule has 0 fully saturated rings. The fourth-order valence-electron chi connectivity index (χ4n) is 1.64. The average Bonchev–Trinajstić information content (AvgIpc) is 2.49. The van der Waals surface area contributed by atoms with E-state index in [1.807, 2.05) is 0 Å². The van der Waals surface area contributed by atoms with Crippen molar-refractivity contribution in [3.05, 3.63) is 59.9 Å². The van der Waals surface area contributed by atoms with Crippen molar-refractivity contribution in [1.82, 2.24) is 5.32 Å². The first kappa shape index (κ1) is 15.7. The molecule has 2 aromatic carbocycles. The van der Waals surface area contributed by atoms with Crippen molar-refractivity contribution in [2.45, 2.75) is 0 Å². The molecule has 0 bridgehead atoms. The van der Waals surface area contributed by atoms with Crippen molar-refractivity contribution in [1.29, 1.82) is 0 Å². The number of amides is 2. The fraction of sp³-hybridized carbons (Fsp3) is 0.133. The number of anilines is 1. The molecule has 22 heavy (non-hydrogen) atoms. The second kappa shape index (κ2) is 7.35. The zero-order valence-electron chi connectivity index (χ0n) is 11.4. The van der Waals surface area contributed by atoms with E-state index in [9.17, 15) is 18.0 Å². The summed E-state index contributed by atoms with van der Waals surface area (Å²) in [6, 6.07) is 7.91. The van der Waals surface area contributed by atoms with Crippen LogP contribution >= 0.6 is 0 Å². The molecule has 0 saturated carbocycles. The van der Waals surface area contributed by atoms with Gasteiger partial charge >= 0.3 is 6.03 Å². The lowest BCUT2D eigenvalue weighted by molar-refractivity contribution is 0.247. The minimum absolute atomic E-state index is 0.110. The Kier molecular flexibility index (Phi) is 5.24. The van der Waals surface area contributed by atoms with Crippen LogP contribution < -0.4 is 15.4 Å². The monoisotopic (exact) mass is 310 g/mol. The van der Waals surface area contributed by atoms with E-state index >= 15 is 0 Å². The van der Waals surface area contributed by atoms with Gasteiger partial charge < -0.3 is 15.4 Å². The van der Waals surface area contributed by atoms with Crippen molar-refractivity contribution < 1.29 is 22.7 Å². The highest BCUT2D eigenvalue weighted by molar-refractivity contribution is 5.89. The molecule has 7 heteroatoms. The summed E-state index contributed by atoms with van der Waals surface area (Å²) in [4.78, 5) is 11.5. The normalized spacial score (nSPS) is 10.1. The molecule has 0 unspecified atom stereocenters. The smallest absolute Gasteiger partial charge is 0.319 e. The van der Waals surface area contributed by atoms with Crippen LogP contribution in [0.1, 0.15) is 0 Å². The SMILES string of the molecule is O=C(NCCOc1ccc(F)cc1)Nc1c(F)cccc1F. The molecule has 0 aliphatic heterocycles. The zero-order chi connectivity index (χ0) is 15.9. The van der Waals surface area contributed by atoms with E-state index in [2.05, 4.69) is 10.6 Å². The maximum Gasteiger partial charge on any atom is 0.319 e. The average molecular weight is 310 g/mol. The Morgan fingerprint density at radius 3 is 2.27 bits per heavy atom. The van der Waals surface area contributed by atoms with Crippen LogP contribution in [0.3, 0.4) is 0 Å². The van der Waals surface area contributed by atoms with Crippen molar-refractivity contribution in [2.75, 3.05) is 18.5 Å². The van der Waals surface area contributed by atoms with E-state index in [4.69, 9.17) is 4.74 Å². The van der Waals surface area contributed by atoms with Crippen LogP contribution in [0.5, 0.6) is 5.75 Å². The van der Waals surface area contributed by atoms with Crippen molar-refractivity contribution in [3.8, 4) is 5.75 Å². The van der Waals surface area contributed by atoms with Crippen LogP contribution in [0.15, 0.2) is 42.5 Å². The summed E-state index contributed by atoms with van der Waals surface area (Å²) in [6.07, 6.45) is 0. The van der Waals surface area contributed by atoms with Gasteiger partial charge in [0.15, 0.2) is 0 Å². The lowest BCUT2D eigenvalue weighted by Gasteiger charge is -2.10. The molecule has 4 nitrogen and oxygen atoms in total. The molecule has 0 aliphatic carbocycles. The molecule has 0 aliphatic rings. The van der Waals surface area contributed by atoms with Gasteiger partial charge in [0.2, 0.25) is 0 Å². The number of nitrogens with one attached hydrogen (secondary N) is 2. The maximum absolute atomic E-state index is 13.3. The first-order valence-electron chi connectivity index (χ1n) is 6.43. The standard InChI is InChI=1S/C15H13F3N2O2/c16-10-4-6-11(7-5-10)22-9-8-19-15(21)20-14-12(17)2-1-3-13(14)18/h1-7H,8-9H2,(H2,19,20,21). The summed E-state index contributed by atoms with van der Waals surface area (Å²) < 4.78 is 44.6. The third-order valence-corrected chi connectivity index (χ3v) is 2.67. The summed E-state index contributed by atoms with van der Waals surface area (Å²) in [7, 11) is 0. The molecule has 2 N–H and O–H groups in total. The van der Waals surface area contributed by atoms with Gasteiger partial charge in [-0.05, 0) is 36.4 Å². The number of hydrogen-bond donors (Lipinski definition) is 2. The van der Waals surface area contributed by atoms with Gasteiger partial charge in [-0.2, -0.15) is 0 Å². The number of rotatable bonds is 5. The summed E-state index contributed by atoms with van der Waals surface area (Å²) in [6.45, 7) is 0.234. The van der Waals surface area contributed by atoms with Gasteiger partial charge in [0.25, 0.3) is 0 Å². The van der Waals surface area contributed by atoms with Gasteiger partial charge in [-0.3, -0.25) is 0 Å². The van der Waals surface area contributed by atoms with Gasteiger partial charge in [0.05, 0.1) is 6.54 Å². The van der Waals surface area contributed by atoms with Gasteiger partial charge in [-0.25, -0.2) is 18.0 Å². The molecule has 2 amide bonds. The Balaban J connectivity index is 1.75. The van der Waals surface area contributed by atoms with E-state index in [1.165, 1.54) is 30.3 Å².